The topological polar surface area (TPSA) is 83.3 Å². The van der Waals surface area contributed by atoms with Gasteiger partial charge >= 0.3 is 0 Å². The monoisotopic (exact) mass is 428 g/mol. The minimum Gasteiger partial charge on any atom is -0.341 e. The fraction of sp³-hybridized carbons (Fsp3) is 0.650. The number of aromatic nitrogens is 5. The summed E-state index contributed by atoms with van der Waals surface area (Å²) in [5.74, 6) is 2.73. The highest BCUT2D eigenvalue weighted by atomic mass is 32.2. The minimum atomic E-state index is 0.216. The third-order valence-electron chi connectivity index (χ3n) is 5.96. The van der Waals surface area contributed by atoms with Crippen molar-refractivity contribution in [2.24, 2.45) is 0 Å². The zero-order valence-electron chi connectivity index (χ0n) is 17.2. The Balaban J connectivity index is 1.12. The van der Waals surface area contributed by atoms with E-state index in [-0.39, 0.29) is 5.91 Å². The molecule has 2 aliphatic heterocycles. The molecule has 10 heteroatoms. The highest BCUT2D eigenvalue weighted by Crippen LogP contribution is 2.41. The van der Waals surface area contributed by atoms with Crippen LogP contribution in [0.2, 0.25) is 0 Å². The summed E-state index contributed by atoms with van der Waals surface area (Å²) in [5.41, 5.74) is 0. The van der Waals surface area contributed by atoms with Gasteiger partial charge in [0.1, 0.15) is 0 Å². The molecule has 30 heavy (non-hydrogen) atoms. The highest BCUT2D eigenvalue weighted by Gasteiger charge is 2.32. The average molecular weight is 429 g/mol. The molecule has 9 nitrogen and oxygen atoms in total. The maximum Gasteiger partial charge on any atom is 0.228 e. The van der Waals surface area contributed by atoms with Gasteiger partial charge < -0.3 is 14.7 Å². The lowest BCUT2D eigenvalue weighted by molar-refractivity contribution is -0.131. The van der Waals surface area contributed by atoms with Crippen LogP contribution >= 0.6 is 11.8 Å². The summed E-state index contributed by atoms with van der Waals surface area (Å²) in [4.78, 5) is 27.7. The quantitative estimate of drug-likeness (QED) is 0.618. The maximum atomic E-state index is 12.7. The zero-order chi connectivity index (χ0) is 20.3. The first-order valence-corrected chi connectivity index (χ1v) is 11.9. The molecule has 4 heterocycles. The summed E-state index contributed by atoms with van der Waals surface area (Å²) < 4.78 is 2.32. The van der Waals surface area contributed by atoms with Gasteiger partial charge in [0.2, 0.25) is 17.8 Å². The number of piperazine rings is 1. The summed E-state index contributed by atoms with van der Waals surface area (Å²) in [6.45, 7) is 5.15. The van der Waals surface area contributed by atoms with Gasteiger partial charge in [0.25, 0.3) is 0 Å². The largest absolute Gasteiger partial charge is 0.341 e. The molecule has 3 aliphatic rings. The lowest BCUT2D eigenvalue weighted by atomic mass is 10.3. The van der Waals surface area contributed by atoms with Crippen LogP contribution in [0, 0.1) is 0 Å². The number of carbonyl (C=O) groups is 1. The molecule has 3 fully saturated rings. The van der Waals surface area contributed by atoms with Gasteiger partial charge in [0.05, 0.1) is 0 Å². The van der Waals surface area contributed by atoms with Gasteiger partial charge in [-0.2, -0.15) is 0 Å². The molecule has 1 amide bonds. The molecule has 0 aromatic carbocycles. The van der Waals surface area contributed by atoms with E-state index < -0.39 is 0 Å². The Morgan fingerprint density at radius 1 is 0.967 bits per heavy atom. The first-order valence-electron chi connectivity index (χ1n) is 10.9. The van der Waals surface area contributed by atoms with Crippen LogP contribution in [0.25, 0.3) is 0 Å². The fourth-order valence-electron chi connectivity index (χ4n) is 4.15. The Hall–Kier alpha value is -2.36. The Morgan fingerprint density at radius 3 is 2.40 bits per heavy atom. The van der Waals surface area contributed by atoms with Crippen molar-refractivity contribution in [2.75, 3.05) is 54.8 Å². The van der Waals surface area contributed by atoms with Gasteiger partial charge in [-0.15, -0.1) is 10.2 Å². The summed E-state index contributed by atoms with van der Waals surface area (Å²) >= 11 is 1.67. The van der Waals surface area contributed by atoms with Gasteiger partial charge in [-0.05, 0) is 31.7 Å². The van der Waals surface area contributed by atoms with E-state index in [0.29, 0.717) is 12.5 Å². The number of nitrogens with zero attached hydrogens (tertiary/aromatic N) is 8. The van der Waals surface area contributed by atoms with Gasteiger partial charge in [0, 0.05) is 69.9 Å². The van der Waals surface area contributed by atoms with Crippen molar-refractivity contribution in [3.8, 4) is 0 Å². The van der Waals surface area contributed by atoms with Crippen molar-refractivity contribution in [3.05, 3.63) is 18.5 Å². The molecule has 0 bridgehead atoms. The molecule has 0 radical (unpaired) electrons. The molecule has 2 saturated heterocycles. The molecule has 2 aromatic rings. The molecule has 0 N–H and O–H groups in total. The third-order valence-corrected chi connectivity index (χ3v) is 6.91. The van der Waals surface area contributed by atoms with E-state index in [1.165, 1.54) is 25.7 Å². The molecule has 5 rings (SSSR count). The van der Waals surface area contributed by atoms with E-state index in [2.05, 4.69) is 34.5 Å². The summed E-state index contributed by atoms with van der Waals surface area (Å²) in [7, 11) is 0. The molecular formula is C20H28N8OS. The molecule has 0 spiro atoms. The van der Waals surface area contributed by atoms with Gasteiger partial charge in [0.15, 0.2) is 5.16 Å². The lowest BCUT2D eigenvalue weighted by Crippen LogP contribution is -2.49. The van der Waals surface area contributed by atoms with E-state index in [1.54, 1.807) is 24.2 Å². The SMILES string of the molecule is O=C(CCSc1nnc(N2CCCC2)n1C1CC1)N1CCN(c2ncccn2)CC1. The smallest absolute Gasteiger partial charge is 0.228 e. The predicted molar refractivity (Wildman–Crippen MR) is 116 cm³/mol. The maximum absolute atomic E-state index is 12.7. The number of thioether (sulfide) groups is 1. The Labute approximate surface area is 180 Å². The van der Waals surface area contributed by atoms with E-state index in [0.717, 1.165) is 62.1 Å². The molecule has 160 valence electrons. The van der Waals surface area contributed by atoms with E-state index in [9.17, 15) is 4.79 Å². The van der Waals surface area contributed by atoms with Crippen molar-refractivity contribution in [3.63, 3.8) is 0 Å². The molecule has 2 aromatic heterocycles. The van der Waals surface area contributed by atoms with Crippen molar-refractivity contribution < 1.29 is 4.79 Å². The second kappa shape index (κ2) is 8.79. The minimum absolute atomic E-state index is 0.216. The van der Waals surface area contributed by atoms with Crippen LogP contribution in [0.5, 0.6) is 0 Å². The fourth-order valence-corrected chi connectivity index (χ4v) is 5.08. The Morgan fingerprint density at radius 2 is 1.70 bits per heavy atom. The summed E-state index contributed by atoms with van der Waals surface area (Å²) in [6.07, 6.45) is 8.93. The second-order valence-corrected chi connectivity index (χ2v) is 9.16. The van der Waals surface area contributed by atoms with E-state index in [4.69, 9.17) is 0 Å². The first kappa shape index (κ1) is 19.6. The lowest BCUT2D eigenvalue weighted by Gasteiger charge is -2.34. The molecule has 1 aliphatic carbocycles. The first-order chi connectivity index (χ1) is 14.8. The number of carbonyl (C=O) groups excluding carboxylic acids is 1. The van der Waals surface area contributed by atoms with Crippen LogP contribution in [-0.2, 0) is 4.79 Å². The highest BCUT2D eigenvalue weighted by molar-refractivity contribution is 7.99. The van der Waals surface area contributed by atoms with E-state index >= 15 is 0 Å². The summed E-state index contributed by atoms with van der Waals surface area (Å²) in [6, 6.07) is 2.36. The van der Waals surface area contributed by atoms with Crippen LogP contribution < -0.4 is 9.80 Å². The Bertz CT molecular complexity index is 857. The van der Waals surface area contributed by atoms with Crippen LogP contribution in [0.1, 0.15) is 38.1 Å². The van der Waals surface area contributed by atoms with E-state index in [1.807, 2.05) is 11.0 Å². The third kappa shape index (κ3) is 4.23. The van der Waals surface area contributed by atoms with Crippen LogP contribution in [0.3, 0.4) is 0 Å². The van der Waals surface area contributed by atoms with Crippen LogP contribution in [-0.4, -0.2) is 80.6 Å². The number of hydrogen-bond donors (Lipinski definition) is 0. The molecular weight excluding hydrogens is 400 g/mol. The van der Waals surface area contributed by atoms with Crippen LogP contribution in [0.15, 0.2) is 23.6 Å². The number of rotatable bonds is 7. The average Bonchev–Trinajstić information content (AvgIpc) is 3.31. The normalized spacial score (nSPS) is 19.5. The van der Waals surface area contributed by atoms with Crippen molar-refractivity contribution in [1.29, 1.82) is 0 Å². The summed E-state index contributed by atoms with van der Waals surface area (Å²) in [5, 5.41) is 9.92. The predicted octanol–water partition coefficient (Wildman–Crippen LogP) is 1.83. The number of amides is 1. The van der Waals surface area contributed by atoms with Crippen LogP contribution in [0.4, 0.5) is 11.9 Å². The second-order valence-electron chi connectivity index (χ2n) is 8.09. The van der Waals surface area contributed by atoms with Gasteiger partial charge in [-0.3, -0.25) is 9.36 Å². The molecule has 1 saturated carbocycles. The Kier molecular flexibility index (Phi) is 5.74. The van der Waals surface area contributed by atoms with Crippen molar-refractivity contribution in [2.45, 2.75) is 43.3 Å². The number of hydrogen-bond acceptors (Lipinski definition) is 8. The molecule has 0 atom stereocenters. The van der Waals surface area contributed by atoms with Crippen molar-refractivity contribution >= 4 is 29.6 Å². The standard InChI is InChI=1S/C20H28N8OS/c29-17(25-11-13-26(14-12-25)18-21-7-3-8-22-18)6-15-30-20-24-23-19(27-9-1-2-10-27)28(20)16-4-5-16/h3,7-8,16H,1-2,4-6,9-15H2. The van der Waals surface area contributed by atoms with Crippen molar-refractivity contribution in [1.82, 2.24) is 29.6 Å². The zero-order valence-corrected chi connectivity index (χ0v) is 18.0. The molecule has 0 unspecified atom stereocenters. The van der Waals surface area contributed by atoms with Gasteiger partial charge in [-0.25, -0.2) is 9.97 Å². The number of anilines is 2. The van der Waals surface area contributed by atoms with Gasteiger partial charge in [-0.1, -0.05) is 11.8 Å².